The predicted octanol–water partition coefficient (Wildman–Crippen LogP) is 3.34. The number of aromatic nitrogens is 2. The number of methoxy groups -OCH3 is 1. The van der Waals surface area contributed by atoms with Crippen LogP contribution in [0.15, 0.2) is 29.1 Å². The highest BCUT2D eigenvalue weighted by atomic mass is 32.1. The molecule has 1 aromatic carbocycles. The Kier molecular flexibility index (Phi) is 6.04. The number of hydrogen-bond donors (Lipinski definition) is 1. The molecule has 1 atom stereocenters. The van der Waals surface area contributed by atoms with Gasteiger partial charge in [0.05, 0.1) is 24.7 Å². The topological polar surface area (TPSA) is 76.5 Å². The van der Waals surface area contributed by atoms with E-state index in [9.17, 15) is 9.59 Å². The first kappa shape index (κ1) is 21.0. The lowest BCUT2D eigenvalue weighted by molar-refractivity contribution is -0.119. The summed E-state index contributed by atoms with van der Waals surface area (Å²) in [7, 11) is 5.37. The van der Waals surface area contributed by atoms with Gasteiger partial charge in [0.2, 0.25) is 5.91 Å². The number of ether oxygens (including phenoxy) is 1. The van der Waals surface area contributed by atoms with E-state index in [1.54, 1.807) is 26.2 Å². The van der Waals surface area contributed by atoms with E-state index >= 15 is 0 Å². The van der Waals surface area contributed by atoms with Crippen molar-refractivity contribution in [1.29, 1.82) is 0 Å². The molecule has 3 aromatic rings. The summed E-state index contributed by atoms with van der Waals surface area (Å²) in [6, 6.07) is 6.45. The number of para-hydroxylation sites is 2. The molecule has 1 unspecified atom stereocenters. The van der Waals surface area contributed by atoms with Crippen molar-refractivity contribution in [3.63, 3.8) is 0 Å². The van der Waals surface area contributed by atoms with Gasteiger partial charge < -0.3 is 15.0 Å². The van der Waals surface area contributed by atoms with Crippen molar-refractivity contribution in [3.05, 3.63) is 50.9 Å². The van der Waals surface area contributed by atoms with Gasteiger partial charge in [-0.2, -0.15) is 0 Å². The fourth-order valence-corrected chi connectivity index (χ4v) is 4.28. The standard InChI is InChI=1S/C21H26N4O3S/c1-12-14(3)29-20-18(12)21(27)25(17(23-20)11-24(4)5)13(2)19(26)22-15-9-7-8-10-16(15)28-6/h7-10,13H,11H2,1-6H3,(H,22,26). The minimum atomic E-state index is -0.737. The summed E-state index contributed by atoms with van der Waals surface area (Å²) in [5.74, 6) is 0.825. The molecule has 2 heterocycles. The van der Waals surface area contributed by atoms with Crippen LogP contribution in [0.2, 0.25) is 0 Å². The molecular weight excluding hydrogens is 388 g/mol. The number of nitrogens with one attached hydrogen (secondary N) is 1. The zero-order chi connectivity index (χ0) is 21.3. The number of amides is 1. The van der Waals surface area contributed by atoms with E-state index in [0.717, 1.165) is 15.3 Å². The van der Waals surface area contributed by atoms with Crippen LogP contribution in [0, 0.1) is 13.8 Å². The van der Waals surface area contributed by atoms with E-state index in [1.807, 2.05) is 45.0 Å². The number of rotatable bonds is 6. The fraction of sp³-hybridized carbons (Fsp3) is 0.381. The lowest BCUT2D eigenvalue weighted by atomic mass is 10.2. The summed E-state index contributed by atoms with van der Waals surface area (Å²) in [6.45, 7) is 6.07. The average Bonchev–Trinajstić information content (AvgIpc) is 2.95. The van der Waals surface area contributed by atoms with Crippen LogP contribution in [0.4, 0.5) is 5.69 Å². The van der Waals surface area contributed by atoms with Gasteiger partial charge in [0.25, 0.3) is 5.56 Å². The molecule has 0 bridgehead atoms. The number of anilines is 1. The monoisotopic (exact) mass is 414 g/mol. The molecule has 7 nitrogen and oxygen atoms in total. The smallest absolute Gasteiger partial charge is 0.263 e. The molecule has 0 saturated carbocycles. The molecular formula is C21H26N4O3S. The van der Waals surface area contributed by atoms with Crippen molar-refractivity contribution in [1.82, 2.24) is 14.5 Å². The van der Waals surface area contributed by atoms with Gasteiger partial charge >= 0.3 is 0 Å². The largest absolute Gasteiger partial charge is 0.495 e. The molecule has 29 heavy (non-hydrogen) atoms. The summed E-state index contributed by atoms with van der Waals surface area (Å²) < 4.78 is 6.81. The molecule has 0 spiro atoms. The minimum absolute atomic E-state index is 0.184. The Morgan fingerprint density at radius 3 is 2.66 bits per heavy atom. The van der Waals surface area contributed by atoms with E-state index in [0.29, 0.717) is 29.2 Å². The molecule has 0 aliphatic carbocycles. The van der Waals surface area contributed by atoms with Crippen LogP contribution in [0.3, 0.4) is 0 Å². The normalized spacial score (nSPS) is 12.4. The second-order valence-electron chi connectivity index (χ2n) is 7.27. The first-order chi connectivity index (χ1) is 13.7. The molecule has 0 saturated heterocycles. The van der Waals surface area contributed by atoms with Crippen LogP contribution in [0.5, 0.6) is 5.75 Å². The molecule has 1 amide bonds. The van der Waals surface area contributed by atoms with Crippen molar-refractivity contribution in [3.8, 4) is 5.75 Å². The Labute approximate surface area is 173 Å². The lowest BCUT2D eigenvalue weighted by Crippen LogP contribution is -2.36. The molecule has 0 aliphatic rings. The van der Waals surface area contributed by atoms with Gasteiger partial charge in [-0.15, -0.1) is 11.3 Å². The summed E-state index contributed by atoms with van der Waals surface area (Å²) in [4.78, 5) is 34.9. The Bertz CT molecular complexity index is 1120. The van der Waals surface area contributed by atoms with Gasteiger partial charge in [-0.3, -0.25) is 14.2 Å². The Hall–Kier alpha value is -2.71. The van der Waals surface area contributed by atoms with Crippen molar-refractivity contribution < 1.29 is 9.53 Å². The molecule has 0 fully saturated rings. The van der Waals surface area contributed by atoms with Crippen molar-refractivity contribution in [2.24, 2.45) is 0 Å². The summed E-state index contributed by atoms with van der Waals surface area (Å²) >= 11 is 1.51. The second-order valence-corrected chi connectivity index (χ2v) is 8.47. The lowest BCUT2D eigenvalue weighted by Gasteiger charge is -2.21. The zero-order valence-corrected chi connectivity index (χ0v) is 18.4. The van der Waals surface area contributed by atoms with Crippen LogP contribution in [0.25, 0.3) is 10.2 Å². The third kappa shape index (κ3) is 4.04. The van der Waals surface area contributed by atoms with E-state index < -0.39 is 6.04 Å². The van der Waals surface area contributed by atoms with Gasteiger partial charge in [-0.05, 0) is 52.6 Å². The SMILES string of the molecule is COc1ccccc1NC(=O)C(C)n1c(CN(C)C)nc2sc(C)c(C)c2c1=O. The highest BCUT2D eigenvalue weighted by molar-refractivity contribution is 7.18. The first-order valence-corrected chi connectivity index (χ1v) is 10.2. The number of carbonyl (C=O) groups is 1. The molecule has 1 N–H and O–H groups in total. The van der Waals surface area contributed by atoms with Gasteiger partial charge in [0.1, 0.15) is 22.4 Å². The van der Waals surface area contributed by atoms with Crippen LogP contribution >= 0.6 is 11.3 Å². The fourth-order valence-electron chi connectivity index (χ4n) is 3.24. The quantitative estimate of drug-likeness (QED) is 0.669. The summed E-state index contributed by atoms with van der Waals surface area (Å²) in [6.07, 6.45) is 0. The zero-order valence-electron chi connectivity index (χ0n) is 17.6. The van der Waals surface area contributed by atoms with E-state index in [-0.39, 0.29) is 11.5 Å². The number of thiophene rings is 1. The predicted molar refractivity (Wildman–Crippen MR) is 117 cm³/mol. The number of benzene rings is 1. The minimum Gasteiger partial charge on any atom is -0.495 e. The number of carbonyl (C=O) groups excluding carboxylic acids is 1. The summed E-state index contributed by atoms with van der Waals surface area (Å²) in [5, 5.41) is 3.46. The van der Waals surface area contributed by atoms with Crippen molar-refractivity contribution >= 4 is 33.1 Å². The van der Waals surface area contributed by atoms with Gasteiger partial charge in [0, 0.05) is 4.88 Å². The number of hydrogen-bond acceptors (Lipinski definition) is 6. The first-order valence-electron chi connectivity index (χ1n) is 9.34. The number of aryl methyl sites for hydroxylation is 2. The molecule has 0 aliphatic heterocycles. The maximum atomic E-state index is 13.4. The van der Waals surface area contributed by atoms with E-state index in [2.05, 4.69) is 5.32 Å². The number of nitrogens with zero attached hydrogens (tertiary/aromatic N) is 3. The maximum Gasteiger partial charge on any atom is 0.263 e. The molecule has 8 heteroatoms. The highest BCUT2D eigenvalue weighted by Gasteiger charge is 2.24. The molecule has 154 valence electrons. The molecule has 0 radical (unpaired) electrons. The van der Waals surface area contributed by atoms with Crippen molar-refractivity contribution in [2.45, 2.75) is 33.4 Å². The van der Waals surface area contributed by atoms with E-state index in [1.165, 1.54) is 15.9 Å². The van der Waals surface area contributed by atoms with Crippen LogP contribution in [-0.2, 0) is 11.3 Å². The van der Waals surface area contributed by atoms with Gasteiger partial charge in [-0.1, -0.05) is 12.1 Å². The highest BCUT2D eigenvalue weighted by Crippen LogP contribution is 2.28. The Balaban J connectivity index is 2.08. The maximum absolute atomic E-state index is 13.4. The molecule has 2 aromatic heterocycles. The van der Waals surface area contributed by atoms with Crippen molar-refractivity contribution in [2.75, 3.05) is 26.5 Å². The number of fused-ring (bicyclic) bond motifs is 1. The summed E-state index contributed by atoms with van der Waals surface area (Å²) in [5.41, 5.74) is 1.30. The van der Waals surface area contributed by atoms with Gasteiger partial charge in [-0.25, -0.2) is 4.98 Å². The van der Waals surface area contributed by atoms with E-state index in [4.69, 9.17) is 9.72 Å². The third-order valence-corrected chi connectivity index (χ3v) is 6.00. The average molecular weight is 415 g/mol. The van der Waals surface area contributed by atoms with Crippen LogP contribution in [0.1, 0.15) is 29.2 Å². The van der Waals surface area contributed by atoms with Gasteiger partial charge in [0.15, 0.2) is 0 Å². The van der Waals surface area contributed by atoms with Crippen LogP contribution < -0.4 is 15.6 Å². The second kappa shape index (κ2) is 8.34. The van der Waals surface area contributed by atoms with Crippen LogP contribution in [-0.4, -0.2) is 41.6 Å². The molecule has 3 rings (SSSR count). The third-order valence-electron chi connectivity index (χ3n) is 4.90. The Morgan fingerprint density at radius 1 is 1.31 bits per heavy atom. The Morgan fingerprint density at radius 2 is 2.00 bits per heavy atom.